The fourth-order valence-electron chi connectivity index (χ4n) is 2.10. The maximum atomic E-state index is 5.69. The molecule has 4 heteroatoms. The van der Waals surface area contributed by atoms with Crippen molar-refractivity contribution in [3.8, 4) is 0 Å². The lowest BCUT2D eigenvalue weighted by Gasteiger charge is -2.21. The SMILES string of the molecule is CCN(CC)c1nc(C)c(CC(C)CN)c(C)n1. The summed E-state index contributed by atoms with van der Waals surface area (Å²) in [5, 5.41) is 0. The standard InChI is InChI=1S/C14H26N4/c1-6-18(7-2)14-16-11(4)13(12(5)17-14)8-10(3)9-15/h10H,6-9,15H2,1-5H3. The zero-order valence-corrected chi connectivity index (χ0v) is 12.3. The number of nitrogens with two attached hydrogens (primary N) is 1. The second kappa shape index (κ2) is 6.69. The molecule has 0 aliphatic rings. The lowest BCUT2D eigenvalue weighted by molar-refractivity contribution is 0.585. The molecule has 2 N–H and O–H groups in total. The van der Waals surface area contributed by atoms with Gasteiger partial charge in [-0.15, -0.1) is 0 Å². The molecule has 0 aliphatic heterocycles. The minimum atomic E-state index is 0.477. The van der Waals surface area contributed by atoms with Crippen LogP contribution in [-0.4, -0.2) is 29.6 Å². The highest BCUT2D eigenvalue weighted by atomic mass is 15.2. The molecule has 1 unspecified atom stereocenters. The van der Waals surface area contributed by atoms with E-state index in [-0.39, 0.29) is 0 Å². The quantitative estimate of drug-likeness (QED) is 0.840. The van der Waals surface area contributed by atoms with Crippen LogP contribution in [0.1, 0.15) is 37.7 Å². The van der Waals surface area contributed by atoms with Crippen LogP contribution in [0, 0.1) is 19.8 Å². The lowest BCUT2D eigenvalue weighted by Crippen LogP contribution is -2.25. The second-order valence-electron chi connectivity index (χ2n) is 4.89. The molecule has 1 aromatic rings. The van der Waals surface area contributed by atoms with Crippen molar-refractivity contribution >= 4 is 5.95 Å². The highest BCUT2D eigenvalue weighted by Gasteiger charge is 2.13. The van der Waals surface area contributed by atoms with Gasteiger partial charge in [0, 0.05) is 24.5 Å². The third kappa shape index (κ3) is 3.42. The average molecular weight is 250 g/mol. The predicted octanol–water partition coefficient (Wildman–Crippen LogP) is 2.08. The highest BCUT2D eigenvalue weighted by Crippen LogP contribution is 2.18. The zero-order valence-electron chi connectivity index (χ0n) is 12.3. The van der Waals surface area contributed by atoms with Crippen molar-refractivity contribution in [1.29, 1.82) is 0 Å². The van der Waals surface area contributed by atoms with Crippen LogP contribution in [0.2, 0.25) is 0 Å². The van der Waals surface area contributed by atoms with Gasteiger partial charge in [-0.3, -0.25) is 0 Å². The Bertz CT molecular complexity index is 362. The third-order valence-corrected chi connectivity index (χ3v) is 3.41. The third-order valence-electron chi connectivity index (χ3n) is 3.41. The first kappa shape index (κ1) is 14.9. The highest BCUT2D eigenvalue weighted by molar-refractivity contribution is 5.36. The number of nitrogens with zero attached hydrogens (tertiary/aromatic N) is 3. The average Bonchev–Trinajstić information content (AvgIpc) is 2.35. The van der Waals surface area contributed by atoms with Crippen molar-refractivity contribution in [1.82, 2.24) is 9.97 Å². The van der Waals surface area contributed by atoms with Gasteiger partial charge in [0.25, 0.3) is 0 Å². The molecule has 0 aromatic carbocycles. The van der Waals surface area contributed by atoms with Crippen LogP contribution in [-0.2, 0) is 6.42 Å². The van der Waals surface area contributed by atoms with Gasteiger partial charge in [0.2, 0.25) is 5.95 Å². The minimum Gasteiger partial charge on any atom is -0.341 e. The molecular formula is C14H26N4. The van der Waals surface area contributed by atoms with Crippen molar-refractivity contribution in [3.63, 3.8) is 0 Å². The van der Waals surface area contributed by atoms with Crippen LogP contribution < -0.4 is 10.6 Å². The largest absolute Gasteiger partial charge is 0.341 e. The van der Waals surface area contributed by atoms with E-state index in [1.807, 2.05) is 0 Å². The number of hydrogen-bond acceptors (Lipinski definition) is 4. The van der Waals surface area contributed by atoms with Gasteiger partial charge in [-0.2, -0.15) is 0 Å². The van der Waals surface area contributed by atoms with E-state index >= 15 is 0 Å². The van der Waals surface area contributed by atoms with E-state index in [1.54, 1.807) is 0 Å². The Morgan fingerprint density at radius 2 is 1.61 bits per heavy atom. The number of aryl methyl sites for hydroxylation is 2. The van der Waals surface area contributed by atoms with Gasteiger partial charge in [0.05, 0.1) is 0 Å². The number of hydrogen-bond donors (Lipinski definition) is 1. The lowest BCUT2D eigenvalue weighted by atomic mass is 9.99. The normalized spacial score (nSPS) is 12.6. The molecule has 0 amide bonds. The van der Waals surface area contributed by atoms with E-state index in [4.69, 9.17) is 5.73 Å². The van der Waals surface area contributed by atoms with Gasteiger partial charge < -0.3 is 10.6 Å². The molecule has 0 saturated heterocycles. The minimum absolute atomic E-state index is 0.477. The molecule has 102 valence electrons. The molecule has 1 heterocycles. The van der Waals surface area contributed by atoms with Gasteiger partial charge in [-0.1, -0.05) is 6.92 Å². The van der Waals surface area contributed by atoms with Gasteiger partial charge >= 0.3 is 0 Å². The van der Waals surface area contributed by atoms with E-state index < -0.39 is 0 Å². The maximum absolute atomic E-state index is 5.69. The zero-order chi connectivity index (χ0) is 13.7. The fraction of sp³-hybridized carbons (Fsp3) is 0.714. The Kier molecular flexibility index (Phi) is 5.54. The Morgan fingerprint density at radius 1 is 1.11 bits per heavy atom. The molecule has 1 rings (SSSR count). The number of rotatable bonds is 6. The molecule has 0 bridgehead atoms. The van der Waals surface area contributed by atoms with Gasteiger partial charge in [0.1, 0.15) is 0 Å². The van der Waals surface area contributed by atoms with Crippen molar-refractivity contribution in [2.24, 2.45) is 11.7 Å². The molecule has 0 fully saturated rings. The van der Waals surface area contributed by atoms with E-state index in [2.05, 4.69) is 49.5 Å². The molecule has 4 nitrogen and oxygen atoms in total. The van der Waals surface area contributed by atoms with E-state index in [0.717, 1.165) is 36.8 Å². The predicted molar refractivity (Wildman–Crippen MR) is 77.0 cm³/mol. The Labute approximate surface area is 111 Å². The van der Waals surface area contributed by atoms with Crippen molar-refractivity contribution < 1.29 is 0 Å². The fourth-order valence-corrected chi connectivity index (χ4v) is 2.10. The monoisotopic (exact) mass is 250 g/mol. The summed E-state index contributed by atoms with van der Waals surface area (Å²) < 4.78 is 0. The van der Waals surface area contributed by atoms with E-state index in [9.17, 15) is 0 Å². The molecule has 0 saturated carbocycles. The number of anilines is 1. The molecule has 0 radical (unpaired) electrons. The van der Waals surface area contributed by atoms with Crippen LogP contribution in [0.3, 0.4) is 0 Å². The summed E-state index contributed by atoms with van der Waals surface area (Å²) in [7, 11) is 0. The maximum Gasteiger partial charge on any atom is 0.225 e. The van der Waals surface area contributed by atoms with Crippen LogP contribution in [0.4, 0.5) is 5.95 Å². The molecular weight excluding hydrogens is 224 g/mol. The summed E-state index contributed by atoms with van der Waals surface area (Å²) >= 11 is 0. The van der Waals surface area contributed by atoms with Crippen LogP contribution in [0.15, 0.2) is 0 Å². The van der Waals surface area contributed by atoms with E-state index in [0.29, 0.717) is 12.5 Å². The van der Waals surface area contributed by atoms with Crippen molar-refractivity contribution in [2.45, 2.75) is 41.0 Å². The first-order valence-electron chi connectivity index (χ1n) is 6.82. The van der Waals surface area contributed by atoms with Crippen LogP contribution in [0.25, 0.3) is 0 Å². The topological polar surface area (TPSA) is 55.0 Å². The smallest absolute Gasteiger partial charge is 0.225 e. The number of aromatic nitrogens is 2. The Hall–Kier alpha value is -1.16. The molecule has 1 atom stereocenters. The Morgan fingerprint density at radius 3 is 2.00 bits per heavy atom. The first-order valence-corrected chi connectivity index (χ1v) is 6.82. The van der Waals surface area contributed by atoms with Gasteiger partial charge in [-0.05, 0) is 52.1 Å². The summed E-state index contributed by atoms with van der Waals surface area (Å²) in [6.45, 7) is 13.1. The summed E-state index contributed by atoms with van der Waals surface area (Å²) in [6.07, 6.45) is 0.965. The van der Waals surface area contributed by atoms with Crippen molar-refractivity contribution in [2.75, 3.05) is 24.5 Å². The van der Waals surface area contributed by atoms with Gasteiger partial charge in [0.15, 0.2) is 0 Å². The summed E-state index contributed by atoms with van der Waals surface area (Å²) in [5.41, 5.74) is 9.12. The molecule has 1 aromatic heterocycles. The van der Waals surface area contributed by atoms with E-state index in [1.165, 1.54) is 5.56 Å². The molecule has 0 aliphatic carbocycles. The second-order valence-corrected chi connectivity index (χ2v) is 4.89. The molecule has 18 heavy (non-hydrogen) atoms. The summed E-state index contributed by atoms with van der Waals surface area (Å²) in [6, 6.07) is 0. The summed E-state index contributed by atoms with van der Waals surface area (Å²) in [4.78, 5) is 11.5. The van der Waals surface area contributed by atoms with Gasteiger partial charge in [-0.25, -0.2) is 9.97 Å². The molecule has 0 spiro atoms. The van der Waals surface area contributed by atoms with Crippen LogP contribution >= 0.6 is 0 Å². The van der Waals surface area contributed by atoms with Crippen molar-refractivity contribution in [3.05, 3.63) is 17.0 Å². The first-order chi connectivity index (χ1) is 8.53. The summed E-state index contributed by atoms with van der Waals surface area (Å²) in [5.74, 6) is 1.32. The Balaban J connectivity index is 3.04. The van der Waals surface area contributed by atoms with Crippen LogP contribution in [0.5, 0.6) is 0 Å².